The van der Waals surface area contributed by atoms with Gasteiger partial charge in [-0.2, -0.15) is 0 Å². The van der Waals surface area contributed by atoms with Gasteiger partial charge in [-0.3, -0.25) is 0 Å². The number of fused-ring (bicyclic) bond motifs is 1. The summed E-state index contributed by atoms with van der Waals surface area (Å²) in [5.74, 6) is -1.17. The van der Waals surface area contributed by atoms with Crippen molar-refractivity contribution in [2.24, 2.45) is 0 Å². The minimum absolute atomic E-state index is 0.133. The number of unbranched alkanes of at least 4 members (excludes halogenated alkanes) is 2. The van der Waals surface area contributed by atoms with Crippen molar-refractivity contribution < 1.29 is 8.78 Å². The molecule has 19 heavy (non-hydrogen) atoms. The highest BCUT2D eigenvalue weighted by atomic mass is 32.1. The summed E-state index contributed by atoms with van der Waals surface area (Å²) >= 11 is 5.23. The number of rotatable bonds is 5. The highest BCUT2D eigenvalue weighted by molar-refractivity contribution is 7.71. The molecule has 0 fully saturated rings. The maximum Gasteiger partial charge on any atom is 0.178 e. The summed E-state index contributed by atoms with van der Waals surface area (Å²) in [7, 11) is 0. The molecule has 0 aliphatic carbocycles. The van der Waals surface area contributed by atoms with Crippen LogP contribution < -0.4 is 0 Å². The van der Waals surface area contributed by atoms with Crippen LogP contribution >= 0.6 is 12.2 Å². The predicted octanol–water partition coefficient (Wildman–Crippen LogP) is 5.12. The molecule has 0 aliphatic heterocycles. The lowest BCUT2D eigenvalue weighted by molar-refractivity contribution is 0.482. The number of hydrogen-bond acceptors (Lipinski definition) is 1. The van der Waals surface area contributed by atoms with Crippen molar-refractivity contribution in [3.63, 3.8) is 0 Å². The van der Waals surface area contributed by atoms with Crippen LogP contribution in [0.25, 0.3) is 11.0 Å². The molecule has 2 nitrogen and oxygen atoms in total. The van der Waals surface area contributed by atoms with Crippen LogP contribution in [0.1, 0.15) is 45.6 Å². The molecule has 1 atom stereocenters. The van der Waals surface area contributed by atoms with Crippen molar-refractivity contribution in [1.82, 2.24) is 9.55 Å². The number of hydrogen-bond donors (Lipinski definition) is 1. The fourth-order valence-corrected chi connectivity index (χ4v) is 2.79. The molecule has 0 saturated carbocycles. The zero-order valence-corrected chi connectivity index (χ0v) is 12.0. The van der Waals surface area contributed by atoms with Crippen molar-refractivity contribution in [1.29, 1.82) is 0 Å². The van der Waals surface area contributed by atoms with Gasteiger partial charge in [0.2, 0.25) is 0 Å². The minimum Gasteiger partial charge on any atom is -0.328 e. The Kier molecular flexibility index (Phi) is 4.34. The van der Waals surface area contributed by atoms with Gasteiger partial charge < -0.3 is 9.55 Å². The van der Waals surface area contributed by atoms with Crippen molar-refractivity contribution in [2.45, 2.75) is 45.6 Å². The zero-order chi connectivity index (χ0) is 14.0. The van der Waals surface area contributed by atoms with Crippen LogP contribution in [0, 0.1) is 16.4 Å². The number of nitrogens with zero attached hydrogens (tertiary/aromatic N) is 1. The zero-order valence-electron chi connectivity index (χ0n) is 11.2. The first kappa shape index (κ1) is 14.2. The van der Waals surface area contributed by atoms with Gasteiger partial charge in [0.15, 0.2) is 10.6 Å². The van der Waals surface area contributed by atoms with E-state index in [4.69, 9.17) is 12.2 Å². The normalized spacial score (nSPS) is 13.1. The summed E-state index contributed by atoms with van der Waals surface area (Å²) in [6.45, 7) is 4.17. The molecule has 5 heteroatoms. The third kappa shape index (κ3) is 2.86. The Morgan fingerprint density at radius 1 is 1.32 bits per heavy atom. The maximum absolute atomic E-state index is 13.7. The Labute approximate surface area is 116 Å². The largest absolute Gasteiger partial charge is 0.328 e. The van der Waals surface area contributed by atoms with E-state index in [1.807, 2.05) is 11.5 Å². The van der Waals surface area contributed by atoms with Crippen LogP contribution in [0.4, 0.5) is 8.78 Å². The Hall–Kier alpha value is -1.23. The van der Waals surface area contributed by atoms with Crippen LogP contribution in [-0.4, -0.2) is 9.55 Å². The lowest BCUT2D eigenvalue weighted by atomic mass is 10.1. The second-order valence-corrected chi connectivity index (χ2v) is 5.31. The molecule has 0 saturated heterocycles. The summed E-state index contributed by atoms with van der Waals surface area (Å²) in [5, 5.41) is 0. The van der Waals surface area contributed by atoms with Crippen molar-refractivity contribution in [3.05, 3.63) is 28.5 Å². The molecule has 2 aromatic rings. The highest BCUT2D eigenvalue weighted by Crippen LogP contribution is 2.25. The number of nitrogens with one attached hydrogen (secondary N) is 1. The first-order valence-corrected chi connectivity index (χ1v) is 7.04. The molecule has 0 aliphatic rings. The van der Waals surface area contributed by atoms with E-state index in [-0.39, 0.29) is 11.6 Å². The quantitative estimate of drug-likeness (QED) is 0.597. The van der Waals surface area contributed by atoms with E-state index in [9.17, 15) is 8.78 Å². The standard InChI is InChI=1S/C14H18F2N2S/c1-3-4-5-6-9(2)18-12-8-10(15)7-11(16)13(12)17-14(18)19/h7-9H,3-6H2,1-2H3,(H,17,19). The third-order valence-electron chi connectivity index (χ3n) is 3.41. The fourth-order valence-electron chi connectivity index (χ4n) is 2.41. The number of imidazole rings is 1. The van der Waals surface area contributed by atoms with Crippen LogP contribution in [-0.2, 0) is 0 Å². The smallest absolute Gasteiger partial charge is 0.178 e. The van der Waals surface area contributed by atoms with Gasteiger partial charge in [0, 0.05) is 12.1 Å². The van der Waals surface area contributed by atoms with E-state index in [2.05, 4.69) is 11.9 Å². The summed E-state index contributed by atoms with van der Waals surface area (Å²) in [4.78, 5) is 2.83. The van der Waals surface area contributed by atoms with E-state index in [0.717, 1.165) is 31.7 Å². The van der Waals surface area contributed by atoms with Crippen LogP contribution in [0.2, 0.25) is 0 Å². The maximum atomic E-state index is 13.7. The lowest BCUT2D eigenvalue weighted by Gasteiger charge is -2.14. The first-order valence-electron chi connectivity index (χ1n) is 6.63. The van der Waals surface area contributed by atoms with Gasteiger partial charge >= 0.3 is 0 Å². The number of aromatic nitrogens is 2. The van der Waals surface area contributed by atoms with Gasteiger partial charge in [0.25, 0.3) is 0 Å². The topological polar surface area (TPSA) is 20.7 Å². The van der Waals surface area contributed by atoms with Gasteiger partial charge in [-0.1, -0.05) is 26.2 Å². The van der Waals surface area contributed by atoms with Gasteiger partial charge in [0.05, 0.1) is 5.52 Å². The molecule has 1 unspecified atom stereocenters. The second-order valence-electron chi connectivity index (χ2n) is 4.93. The van der Waals surface area contributed by atoms with Crippen molar-refractivity contribution in [2.75, 3.05) is 0 Å². The summed E-state index contributed by atoms with van der Waals surface area (Å²) in [6.07, 6.45) is 4.34. The average molecular weight is 284 g/mol. The van der Waals surface area contributed by atoms with E-state index >= 15 is 0 Å². The summed E-state index contributed by atoms with van der Waals surface area (Å²) in [6, 6.07) is 2.34. The van der Waals surface area contributed by atoms with Gasteiger partial charge in [-0.05, 0) is 31.6 Å². The Morgan fingerprint density at radius 2 is 2.05 bits per heavy atom. The molecule has 1 heterocycles. The molecule has 104 valence electrons. The van der Waals surface area contributed by atoms with E-state index < -0.39 is 11.6 Å². The lowest BCUT2D eigenvalue weighted by Crippen LogP contribution is -2.05. The van der Waals surface area contributed by atoms with Crippen molar-refractivity contribution in [3.8, 4) is 0 Å². The van der Waals surface area contributed by atoms with Gasteiger partial charge in [0.1, 0.15) is 11.3 Å². The SMILES string of the molecule is CCCCCC(C)n1c(=S)[nH]c2c(F)cc(F)cc21. The van der Waals surface area contributed by atoms with Crippen LogP contribution in [0.5, 0.6) is 0 Å². The molecule has 0 radical (unpaired) electrons. The Bertz CT molecular complexity index is 630. The Balaban J connectivity index is 2.42. The number of H-pyrrole nitrogens is 1. The molecule has 0 spiro atoms. The monoisotopic (exact) mass is 284 g/mol. The average Bonchev–Trinajstić information content (AvgIpc) is 2.66. The second kappa shape index (κ2) is 5.82. The fraction of sp³-hybridized carbons (Fsp3) is 0.500. The highest BCUT2D eigenvalue weighted by Gasteiger charge is 2.14. The summed E-state index contributed by atoms with van der Waals surface area (Å²) in [5.41, 5.74) is 0.792. The van der Waals surface area contributed by atoms with Crippen LogP contribution in [0.3, 0.4) is 0 Å². The number of halogens is 2. The number of aromatic amines is 1. The van der Waals surface area contributed by atoms with Gasteiger partial charge in [-0.25, -0.2) is 8.78 Å². The Morgan fingerprint density at radius 3 is 2.74 bits per heavy atom. The van der Waals surface area contributed by atoms with Crippen LogP contribution in [0.15, 0.2) is 12.1 Å². The van der Waals surface area contributed by atoms with E-state index in [1.54, 1.807) is 0 Å². The summed E-state index contributed by atoms with van der Waals surface area (Å²) < 4.78 is 29.3. The minimum atomic E-state index is -0.597. The van der Waals surface area contributed by atoms with E-state index in [1.165, 1.54) is 6.07 Å². The first-order chi connectivity index (χ1) is 9.04. The molecular weight excluding hydrogens is 266 g/mol. The molecule has 1 aromatic carbocycles. The van der Waals surface area contributed by atoms with Gasteiger partial charge in [-0.15, -0.1) is 0 Å². The van der Waals surface area contributed by atoms with E-state index in [0.29, 0.717) is 10.3 Å². The molecular formula is C14H18F2N2S. The molecule has 2 rings (SSSR count). The third-order valence-corrected chi connectivity index (χ3v) is 3.71. The predicted molar refractivity (Wildman–Crippen MR) is 75.9 cm³/mol. The van der Waals surface area contributed by atoms with Crippen molar-refractivity contribution >= 4 is 23.3 Å². The molecule has 0 amide bonds. The molecule has 0 bridgehead atoms. The molecule has 1 N–H and O–H groups in total. The number of benzene rings is 1. The molecule has 1 aromatic heterocycles.